The van der Waals surface area contributed by atoms with Crippen molar-refractivity contribution < 1.29 is 20.1 Å². The number of fused-ring (bicyclic) bond motifs is 1. The molecular weight excluding hydrogens is 306 g/mol. The Morgan fingerprint density at radius 3 is 2.90 bits per heavy atom. The molecule has 21 heavy (non-hydrogen) atoms. The number of ether oxygens (including phenoxy) is 1. The van der Waals surface area contributed by atoms with Crippen LogP contribution < -0.4 is 11.3 Å². The molecule has 3 heterocycles. The normalized spacial score (nSPS) is 32.9. The van der Waals surface area contributed by atoms with Gasteiger partial charge in [-0.25, -0.2) is 4.98 Å². The van der Waals surface area contributed by atoms with Gasteiger partial charge in [0, 0.05) is 0 Å². The molecule has 4 atom stereocenters. The van der Waals surface area contributed by atoms with E-state index in [1.807, 2.05) is 0 Å². The number of aliphatic hydroxyl groups is 3. The van der Waals surface area contributed by atoms with E-state index in [0.717, 1.165) is 10.9 Å². The van der Waals surface area contributed by atoms with Crippen LogP contribution >= 0.6 is 11.6 Å². The smallest absolute Gasteiger partial charge is 0.280 e. The van der Waals surface area contributed by atoms with Gasteiger partial charge in [0.15, 0.2) is 11.2 Å². The maximum atomic E-state index is 11.7. The summed E-state index contributed by atoms with van der Waals surface area (Å²) in [6, 6.07) is 0. The molecule has 6 N–H and O–H groups in total. The maximum Gasteiger partial charge on any atom is 0.280 e. The molecule has 0 bridgehead atoms. The quantitative estimate of drug-likeness (QED) is 0.385. The van der Waals surface area contributed by atoms with E-state index >= 15 is 0 Å². The summed E-state index contributed by atoms with van der Waals surface area (Å²) in [5.41, 5.74) is 4.81. The number of aromatic nitrogens is 4. The number of nitrogens with zero attached hydrogens (tertiary/aromatic N) is 3. The Bertz CT molecular complexity index is 747. The van der Waals surface area contributed by atoms with Crippen molar-refractivity contribution in [3.63, 3.8) is 0 Å². The van der Waals surface area contributed by atoms with Gasteiger partial charge in [-0.2, -0.15) is 4.98 Å². The van der Waals surface area contributed by atoms with E-state index < -0.39 is 35.7 Å². The lowest BCUT2D eigenvalue weighted by atomic mass is 10.1. The number of halogens is 1. The number of imidazole rings is 1. The van der Waals surface area contributed by atoms with Crippen LogP contribution in [0.3, 0.4) is 0 Å². The zero-order chi connectivity index (χ0) is 15.4. The number of alkyl halides is 1. The third-order valence-corrected chi connectivity index (χ3v) is 3.81. The molecule has 0 aliphatic carbocycles. The Morgan fingerprint density at radius 1 is 1.57 bits per heavy atom. The van der Waals surface area contributed by atoms with Crippen LogP contribution in [-0.4, -0.2) is 59.8 Å². The molecule has 0 saturated carbocycles. The highest BCUT2D eigenvalue weighted by Crippen LogP contribution is 2.40. The second-order valence-electron chi connectivity index (χ2n) is 4.62. The molecule has 11 heteroatoms. The van der Waals surface area contributed by atoms with Gasteiger partial charge in [0.2, 0.25) is 5.95 Å². The van der Waals surface area contributed by atoms with Crippen molar-refractivity contribution in [2.24, 2.45) is 0 Å². The number of anilines is 1. The van der Waals surface area contributed by atoms with Gasteiger partial charge in [-0.05, 0) is 0 Å². The fraction of sp³-hybridized carbons (Fsp3) is 0.500. The summed E-state index contributed by atoms with van der Waals surface area (Å²) in [4.78, 5) is 21.7. The predicted molar refractivity (Wildman–Crippen MR) is 70.4 cm³/mol. The van der Waals surface area contributed by atoms with Gasteiger partial charge in [0.25, 0.3) is 10.7 Å². The fourth-order valence-electron chi connectivity index (χ4n) is 2.26. The van der Waals surface area contributed by atoms with Crippen LogP contribution in [0, 0.1) is 0 Å². The minimum absolute atomic E-state index is 0.0175. The van der Waals surface area contributed by atoms with Crippen LogP contribution in [0.25, 0.3) is 11.2 Å². The van der Waals surface area contributed by atoms with Gasteiger partial charge in [-0.15, -0.1) is 0 Å². The Hall–Kier alpha value is -1.72. The molecule has 1 saturated heterocycles. The molecule has 114 valence electrons. The first-order valence-corrected chi connectivity index (χ1v) is 6.33. The van der Waals surface area contributed by atoms with E-state index in [0.29, 0.717) is 0 Å². The number of hydrogen-bond donors (Lipinski definition) is 5. The van der Waals surface area contributed by atoms with Gasteiger partial charge in [0.05, 0.1) is 6.61 Å². The summed E-state index contributed by atoms with van der Waals surface area (Å²) in [6.45, 7) is -0.546. The first-order chi connectivity index (χ1) is 9.88. The van der Waals surface area contributed by atoms with Crippen molar-refractivity contribution in [3.8, 4) is 0 Å². The Kier molecular flexibility index (Phi) is 3.15. The van der Waals surface area contributed by atoms with Crippen molar-refractivity contribution in [1.82, 2.24) is 19.5 Å². The lowest BCUT2D eigenvalue weighted by Crippen LogP contribution is -2.41. The van der Waals surface area contributed by atoms with Gasteiger partial charge < -0.3 is 25.8 Å². The number of H-pyrrole nitrogens is 1. The van der Waals surface area contributed by atoms with Crippen LogP contribution in [0.15, 0.2) is 11.1 Å². The monoisotopic (exact) mass is 317 g/mol. The van der Waals surface area contributed by atoms with E-state index in [1.54, 1.807) is 0 Å². The number of aliphatic hydroxyl groups excluding tert-OH is 3. The molecule has 2 aromatic rings. The molecule has 0 unspecified atom stereocenters. The first kappa shape index (κ1) is 14.2. The number of aromatic amines is 1. The number of nitrogen functional groups attached to an aromatic ring is 1. The average molecular weight is 318 g/mol. The van der Waals surface area contributed by atoms with Crippen LogP contribution in [-0.2, 0) is 9.92 Å². The summed E-state index contributed by atoms with van der Waals surface area (Å²) < 4.78 is 6.38. The van der Waals surface area contributed by atoms with Crippen LogP contribution in [0.2, 0.25) is 0 Å². The lowest BCUT2D eigenvalue weighted by molar-refractivity contribution is -0.0838. The number of nitrogens with two attached hydrogens (primary N) is 1. The van der Waals surface area contributed by atoms with E-state index in [2.05, 4.69) is 15.0 Å². The molecule has 1 aliphatic rings. The van der Waals surface area contributed by atoms with E-state index in [4.69, 9.17) is 27.2 Å². The third-order valence-electron chi connectivity index (χ3n) is 3.32. The van der Waals surface area contributed by atoms with Crippen molar-refractivity contribution in [2.75, 3.05) is 12.3 Å². The highest BCUT2D eigenvalue weighted by Gasteiger charge is 2.55. The molecule has 10 nitrogen and oxygen atoms in total. The van der Waals surface area contributed by atoms with Crippen LogP contribution in [0.1, 0.15) is 0 Å². The molecule has 1 aliphatic heterocycles. The zero-order valence-electron chi connectivity index (χ0n) is 10.5. The highest BCUT2D eigenvalue weighted by molar-refractivity contribution is 6.22. The SMILES string of the molecule is Nc1nc2c(ncn2[C@]2(Cl)O[C@H](CO)[C@@H](O)[C@H]2O)c(=O)[nH]1. The molecule has 0 aromatic carbocycles. The van der Waals surface area contributed by atoms with E-state index in [1.165, 1.54) is 0 Å². The Labute approximate surface area is 121 Å². The minimum atomic E-state index is -1.96. The zero-order valence-corrected chi connectivity index (χ0v) is 11.2. The van der Waals surface area contributed by atoms with Crippen LogP contribution in [0.5, 0.6) is 0 Å². The standard InChI is InChI=1S/C10H12ClN5O5/c11-10(6(19)5(18)3(1-17)21-10)16-2-13-4-7(16)14-9(12)15-8(4)20/h2-3,5-6,17-19H,1H2,(H3,12,14,15,20)/t3-,5-,6-,10+/m1/s1. The largest absolute Gasteiger partial charge is 0.394 e. The summed E-state index contributed by atoms with van der Waals surface area (Å²) in [5.74, 6) is -0.165. The summed E-state index contributed by atoms with van der Waals surface area (Å²) in [5, 5.41) is 27.0. The molecule has 0 spiro atoms. The fourth-order valence-corrected chi connectivity index (χ4v) is 2.63. The minimum Gasteiger partial charge on any atom is -0.394 e. The highest BCUT2D eigenvalue weighted by atomic mass is 35.5. The van der Waals surface area contributed by atoms with Crippen LogP contribution in [0.4, 0.5) is 5.95 Å². The first-order valence-electron chi connectivity index (χ1n) is 5.95. The van der Waals surface area contributed by atoms with Crippen molar-refractivity contribution in [2.45, 2.75) is 23.5 Å². The second kappa shape index (κ2) is 4.64. The number of hydrogen-bond acceptors (Lipinski definition) is 8. The average Bonchev–Trinajstić information content (AvgIpc) is 2.95. The summed E-state index contributed by atoms with van der Waals surface area (Å²) >= 11 is 6.23. The van der Waals surface area contributed by atoms with Gasteiger partial charge in [-0.3, -0.25) is 14.3 Å². The van der Waals surface area contributed by atoms with Gasteiger partial charge in [-0.1, -0.05) is 11.6 Å². The van der Waals surface area contributed by atoms with E-state index in [-0.39, 0.29) is 17.1 Å². The molecule has 1 fully saturated rings. The van der Waals surface area contributed by atoms with Gasteiger partial charge in [0.1, 0.15) is 24.6 Å². The van der Waals surface area contributed by atoms with Crippen molar-refractivity contribution >= 4 is 28.7 Å². The number of rotatable bonds is 2. The maximum absolute atomic E-state index is 11.7. The lowest BCUT2D eigenvalue weighted by Gasteiger charge is -2.26. The summed E-state index contributed by atoms with van der Waals surface area (Å²) in [6.07, 6.45) is -2.94. The second-order valence-corrected chi connectivity index (χ2v) is 5.16. The van der Waals surface area contributed by atoms with Gasteiger partial charge >= 0.3 is 0 Å². The Balaban J connectivity index is 2.19. The van der Waals surface area contributed by atoms with Crippen molar-refractivity contribution in [3.05, 3.63) is 16.7 Å². The molecule has 0 radical (unpaired) electrons. The molecule has 2 aromatic heterocycles. The number of nitrogens with one attached hydrogen (secondary N) is 1. The third kappa shape index (κ3) is 1.92. The summed E-state index contributed by atoms with van der Waals surface area (Å²) in [7, 11) is 0. The predicted octanol–water partition coefficient (Wildman–Crippen LogP) is -2.34. The van der Waals surface area contributed by atoms with E-state index in [9.17, 15) is 15.0 Å². The molecular formula is C10H12ClN5O5. The molecule has 0 amide bonds. The molecule has 3 rings (SSSR count). The topological polar surface area (TPSA) is 160 Å². The van der Waals surface area contributed by atoms with Crippen molar-refractivity contribution in [1.29, 1.82) is 0 Å². The Morgan fingerprint density at radius 2 is 2.29 bits per heavy atom.